The standard InChI is InChI=1S/C40H38BrCl2N3O9/c1-54-23-10-7-20(8-11-23)40-28(37(51)46(39(40)53)44-30-14-9-22(42)18-29(30)43)19-26-24(34(40)27-16-21(41)17-31(55-2)35(27)49)12-13-25-33(26)38(52)45(36(25)50)15-5-3-4-6-32(47)48/h7-12,14,16-18,25-26,28,33-34,44,49H,3-6,13,15,19H2,1-2H3,(H,47,48)/t25-,26+,28-,33-,34+,40+/m0/s1. The SMILES string of the molecule is COc1ccc([C@@]23C(=O)N(Nc4ccc(Cl)cc4Cl)C(=O)[C@@H]2C[C@@H]2C(=CC[C@@H]4C(=O)N(CCCCCC(=O)O)C(=O)[C@@H]42)[C@@H]3c2cc(Br)cc(OC)c2O)cc1. The number of unbranched alkanes of at least 4 members (excludes halogenated alkanes) is 2. The molecular weight excluding hydrogens is 817 g/mol. The highest BCUT2D eigenvalue weighted by Gasteiger charge is 2.70. The Hall–Kier alpha value is -4.59. The average molecular weight is 856 g/mol. The number of benzene rings is 3. The van der Waals surface area contributed by atoms with Gasteiger partial charge in [-0.3, -0.25) is 34.3 Å². The highest BCUT2D eigenvalue weighted by atomic mass is 79.9. The number of carboxylic acid groups (broad SMARTS) is 1. The fraction of sp³-hybridized carbons (Fsp3) is 0.375. The van der Waals surface area contributed by atoms with E-state index in [2.05, 4.69) is 21.4 Å². The van der Waals surface area contributed by atoms with Gasteiger partial charge in [-0.2, -0.15) is 5.01 Å². The monoisotopic (exact) mass is 853 g/mol. The smallest absolute Gasteiger partial charge is 0.303 e. The molecule has 4 aliphatic rings. The van der Waals surface area contributed by atoms with Crippen LogP contribution in [0, 0.1) is 23.7 Å². The first-order valence-electron chi connectivity index (χ1n) is 17.9. The van der Waals surface area contributed by atoms with Crippen LogP contribution in [-0.4, -0.2) is 70.5 Å². The number of nitrogens with one attached hydrogen (secondary N) is 1. The topological polar surface area (TPSA) is 163 Å². The number of hydrogen-bond donors (Lipinski definition) is 3. The number of rotatable bonds is 12. The lowest BCUT2D eigenvalue weighted by atomic mass is 9.49. The van der Waals surface area contributed by atoms with E-state index in [0.29, 0.717) is 51.2 Å². The van der Waals surface area contributed by atoms with Gasteiger partial charge >= 0.3 is 5.97 Å². The highest BCUT2D eigenvalue weighted by molar-refractivity contribution is 9.10. The van der Waals surface area contributed by atoms with Crippen molar-refractivity contribution < 1.29 is 43.7 Å². The van der Waals surface area contributed by atoms with Crippen LogP contribution in [0.1, 0.15) is 55.6 Å². The number of carbonyl (C=O) groups is 5. The molecule has 288 valence electrons. The van der Waals surface area contributed by atoms with Crippen molar-refractivity contribution in [2.24, 2.45) is 23.7 Å². The quantitative estimate of drug-likeness (QED) is 0.0973. The van der Waals surface area contributed by atoms with Crippen molar-refractivity contribution in [2.75, 3.05) is 26.2 Å². The van der Waals surface area contributed by atoms with Crippen LogP contribution in [0.2, 0.25) is 10.0 Å². The van der Waals surface area contributed by atoms with Gasteiger partial charge in [-0.1, -0.05) is 69.3 Å². The number of phenols is 1. The minimum Gasteiger partial charge on any atom is -0.504 e. The number of allylic oxidation sites excluding steroid dienone is 2. The maximum Gasteiger partial charge on any atom is 0.303 e. The van der Waals surface area contributed by atoms with Crippen LogP contribution in [0.5, 0.6) is 17.2 Å². The van der Waals surface area contributed by atoms with E-state index in [9.17, 15) is 24.3 Å². The van der Waals surface area contributed by atoms with E-state index in [4.69, 9.17) is 37.8 Å². The molecule has 7 rings (SSSR count). The molecule has 55 heavy (non-hydrogen) atoms. The first kappa shape index (κ1) is 38.7. The van der Waals surface area contributed by atoms with Gasteiger partial charge in [0.15, 0.2) is 11.5 Å². The third kappa shape index (κ3) is 6.43. The molecule has 0 spiro atoms. The Balaban J connectivity index is 1.40. The summed E-state index contributed by atoms with van der Waals surface area (Å²) in [7, 11) is 2.93. The summed E-state index contributed by atoms with van der Waals surface area (Å²) in [5.74, 6) is -6.64. The Kier molecular flexibility index (Phi) is 10.7. The zero-order valence-electron chi connectivity index (χ0n) is 29.9. The lowest BCUT2D eigenvalue weighted by molar-refractivity contribution is -0.141. The van der Waals surface area contributed by atoms with Crippen LogP contribution in [-0.2, 0) is 29.4 Å². The molecule has 4 amide bonds. The molecule has 0 unspecified atom stereocenters. The van der Waals surface area contributed by atoms with Gasteiger partial charge in [-0.05, 0) is 79.6 Å². The van der Waals surface area contributed by atoms with E-state index in [1.165, 1.54) is 25.2 Å². The van der Waals surface area contributed by atoms with Crippen molar-refractivity contribution in [3.63, 3.8) is 0 Å². The maximum atomic E-state index is 15.5. The number of amides is 4. The van der Waals surface area contributed by atoms with E-state index in [0.717, 1.165) is 5.01 Å². The number of aliphatic carboxylic acids is 1. The first-order valence-corrected chi connectivity index (χ1v) is 19.5. The zero-order valence-corrected chi connectivity index (χ0v) is 33.0. The molecule has 1 saturated carbocycles. The Bertz CT molecular complexity index is 2130. The van der Waals surface area contributed by atoms with Crippen LogP contribution in [0.15, 0.2) is 70.7 Å². The molecule has 2 aliphatic carbocycles. The second kappa shape index (κ2) is 15.2. The number of halogens is 3. The summed E-state index contributed by atoms with van der Waals surface area (Å²) in [5, 5.41) is 22.4. The number of hydrazine groups is 1. The zero-order chi connectivity index (χ0) is 39.3. The van der Waals surface area contributed by atoms with Gasteiger partial charge in [-0.15, -0.1) is 0 Å². The number of nitrogens with zero attached hydrogens (tertiary/aromatic N) is 2. The molecule has 0 aromatic heterocycles. The van der Waals surface area contributed by atoms with Crippen LogP contribution in [0.3, 0.4) is 0 Å². The van der Waals surface area contributed by atoms with Gasteiger partial charge in [0, 0.05) is 33.9 Å². The normalized spacial score (nSPS) is 25.7. The molecule has 15 heteroatoms. The molecule has 2 heterocycles. The molecule has 0 bridgehead atoms. The minimum atomic E-state index is -1.68. The molecule has 3 aromatic carbocycles. The van der Waals surface area contributed by atoms with Gasteiger partial charge in [0.25, 0.3) is 11.8 Å². The van der Waals surface area contributed by atoms with E-state index >= 15 is 4.79 Å². The van der Waals surface area contributed by atoms with Crippen molar-refractivity contribution in [2.45, 2.75) is 49.9 Å². The number of imide groups is 2. The Morgan fingerprint density at radius 1 is 0.945 bits per heavy atom. The third-order valence-corrected chi connectivity index (χ3v) is 12.5. The van der Waals surface area contributed by atoms with Crippen LogP contribution in [0.4, 0.5) is 5.69 Å². The fourth-order valence-electron chi connectivity index (χ4n) is 9.17. The van der Waals surface area contributed by atoms with Gasteiger partial charge in [0.1, 0.15) is 5.75 Å². The summed E-state index contributed by atoms with van der Waals surface area (Å²) < 4.78 is 11.6. The lowest BCUT2D eigenvalue weighted by Gasteiger charge is -2.50. The third-order valence-electron chi connectivity index (χ3n) is 11.5. The van der Waals surface area contributed by atoms with Crippen molar-refractivity contribution in [3.05, 3.63) is 91.9 Å². The predicted molar refractivity (Wildman–Crippen MR) is 206 cm³/mol. The van der Waals surface area contributed by atoms with Gasteiger partial charge in [0.05, 0.1) is 48.1 Å². The molecule has 2 aliphatic heterocycles. The second-order valence-electron chi connectivity index (χ2n) is 14.3. The summed E-state index contributed by atoms with van der Waals surface area (Å²) in [4.78, 5) is 70.9. The molecule has 3 aromatic rings. The van der Waals surface area contributed by atoms with Crippen LogP contribution in [0.25, 0.3) is 0 Å². The van der Waals surface area contributed by atoms with E-state index in [1.54, 1.807) is 48.5 Å². The van der Waals surface area contributed by atoms with Gasteiger partial charge < -0.3 is 19.7 Å². The first-order chi connectivity index (χ1) is 26.3. The highest BCUT2D eigenvalue weighted by Crippen LogP contribution is 2.65. The number of methoxy groups -OCH3 is 2. The van der Waals surface area contributed by atoms with Crippen LogP contribution >= 0.6 is 39.1 Å². The molecule has 3 fully saturated rings. The molecular formula is C40H38BrCl2N3O9. The fourth-order valence-corrected chi connectivity index (χ4v) is 10.1. The summed E-state index contributed by atoms with van der Waals surface area (Å²) in [5.41, 5.74) is 2.96. The number of carboxylic acids is 1. The van der Waals surface area contributed by atoms with Crippen molar-refractivity contribution in [3.8, 4) is 17.2 Å². The Morgan fingerprint density at radius 3 is 2.36 bits per heavy atom. The Labute approximate surface area is 335 Å². The molecule has 6 atom stereocenters. The van der Waals surface area contributed by atoms with Crippen molar-refractivity contribution in [1.82, 2.24) is 9.91 Å². The number of fused-ring (bicyclic) bond motifs is 4. The summed E-state index contributed by atoms with van der Waals surface area (Å²) in [6, 6.07) is 14.8. The Morgan fingerprint density at radius 2 is 1.69 bits per heavy atom. The predicted octanol–water partition coefficient (Wildman–Crippen LogP) is 7.11. The van der Waals surface area contributed by atoms with Crippen molar-refractivity contribution in [1.29, 1.82) is 0 Å². The summed E-state index contributed by atoms with van der Waals surface area (Å²) >= 11 is 16.3. The minimum absolute atomic E-state index is 0.00268. The largest absolute Gasteiger partial charge is 0.504 e. The molecule has 3 N–H and O–H groups in total. The molecule has 12 nitrogen and oxygen atoms in total. The number of aromatic hydroxyl groups is 1. The van der Waals surface area contributed by atoms with E-state index in [-0.39, 0.29) is 59.8 Å². The summed E-state index contributed by atoms with van der Waals surface area (Å²) in [6.07, 6.45) is 3.55. The number of phenolic OH excluding ortho intramolecular Hbond substituents is 1. The lowest BCUT2D eigenvalue weighted by Crippen LogP contribution is -2.53. The number of hydrogen-bond acceptors (Lipinski definition) is 9. The number of anilines is 1. The number of likely N-dealkylation sites (tertiary alicyclic amines) is 1. The number of ether oxygens (including phenoxy) is 2. The maximum absolute atomic E-state index is 15.5. The molecule has 2 saturated heterocycles. The van der Waals surface area contributed by atoms with E-state index < -0.39 is 52.8 Å². The van der Waals surface area contributed by atoms with Crippen molar-refractivity contribution >= 4 is 74.4 Å². The van der Waals surface area contributed by atoms with E-state index in [1.807, 2.05) is 6.08 Å². The number of carbonyl (C=O) groups excluding carboxylic acids is 4. The summed E-state index contributed by atoms with van der Waals surface area (Å²) in [6.45, 7) is 0.148. The molecule has 0 radical (unpaired) electrons. The second-order valence-corrected chi connectivity index (χ2v) is 16.0. The van der Waals surface area contributed by atoms with Crippen LogP contribution < -0.4 is 14.9 Å². The average Bonchev–Trinajstić information content (AvgIpc) is 3.53. The van der Waals surface area contributed by atoms with Gasteiger partial charge in [-0.25, -0.2) is 0 Å². The van der Waals surface area contributed by atoms with Gasteiger partial charge in [0.2, 0.25) is 11.8 Å².